The van der Waals surface area contributed by atoms with Gasteiger partial charge in [0.05, 0.1) is 5.60 Å². The maximum atomic E-state index is 10.0. The summed E-state index contributed by atoms with van der Waals surface area (Å²) in [4.78, 5) is 0. The minimum absolute atomic E-state index is 0.417. The summed E-state index contributed by atoms with van der Waals surface area (Å²) in [7, 11) is 0. The maximum absolute atomic E-state index is 10.0. The summed E-state index contributed by atoms with van der Waals surface area (Å²) in [6.07, 6.45) is 4.11. The molecule has 0 aromatic heterocycles. The number of aryl methyl sites for hydroxylation is 1. The Morgan fingerprint density at radius 3 is 2.65 bits per heavy atom. The van der Waals surface area contributed by atoms with Crippen LogP contribution in [0.25, 0.3) is 0 Å². The van der Waals surface area contributed by atoms with Crippen LogP contribution in [0.3, 0.4) is 0 Å². The van der Waals surface area contributed by atoms with Crippen molar-refractivity contribution in [3.63, 3.8) is 0 Å². The van der Waals surface area contributed by atoms with Crippen LogP contribution in [-0.4, -0.2) is 23.3 Å². The minimum Gasteiger partial charge on any atom is -0.389 e. The van der Waals surface area contributed by atoms with Gasteiger partial charge in [0.1, 0.15) is 0 Å². The van der Waals surface area contributed by atoms with Gasteiger partial charge in [-0.05, 0) is 50.7 Å². The number of hydrogen-bond donors (Lipinski definition) is 2. The molecule has 1 aliphatic rings. The normalized spacial score (nSPS) is 19.7. The van der Waals surface area contributed by atoms with Crippen molar-refractivity contribution in [1.82, 2.24) is 5.32 Å². The highest BCUT2D eigenvalue weighted by atomic mass is 16.3. The van der Waals surface area contributed by atoms with Crippen molar-refractivity contribution in [2.45, 2.75) is 51.2 Å². The topological polar surface area (TPSA) is 32.3 Å². The molecule has 0 heterocycles. The average Bonchev–Trinajstić information content (AvgIpc) is 2.27. The highest BCUT2D eigenvalue weighted by molar-refractivity contribution is 5.26. The van der Waals surface area contributed by atoms with Crippen LogP contribution in [0.1, 0.15) is 37.3 Å². The Balaban J connectivity index is 1.81. The molecule has 2 heteroatoms. The monoisotopic (exact) mass is 233 g/mol. The summed E-state index contributed by atoms with van der Waals surface area (Å²) >= 11 is 0. The number of benzene rings is 1. The molecule has 1 fully saturated rings. The van der Waals surface area contributed by atoms with Gasteiger partial charge < -0.3 is 10.4 Å². The lowest BCUT2D eigenvalue weighted by Gasteiger charge is -2.37. The summed E-state index contributed by atoms with van der Waals surface area (Å²) < 4.78 is 0. The second-order valence-electron chi connectivity index (χ2n) is 5.49. The molecular formula is C15H23NO. The zero-order valence-electron chi connectivity index (χ0n) is 10.9. The zero-order valence-corrected chi connectivity index (χ0v) is 10.9. The summed E-state index contributed by atoms with van der Waals surface area (Å²) in [5, 5.41) is 13.5. The number of hydrogen-bond acceptors (Lipinski definition) is 2. The molecule has 0 spiro atoms. The molecule has 1 atom stereocenters. The second kappa shape index (κ2) is 5.19. The molecule has 0 radical (unpaired) electrons. The van der Waals surface area contributed by atoms with Gasteiger partial charge in [-0.1, -0.05) is 24.3 Å². The van der Waals surface area contributed by atoms with E-state index in [9.17, 15) is 5.11 Å². The van der Waals surface area contributed by atoms with E-state index in [1.165, 1.54) is 17.5 Å². The van der Waals surface area contributed by atoms with Crippen molar-refractivity contribution in [2.75, 3.05) is 6.54 Å². The summed E-state index contributed by atoms with van der Waals surface area (Å²) in [5.74, 6) is 0. The Bertz CT molecular complexity index is 371. The molecule has 0 saturated heterocycles. The lowest BCUT2D eigenvalue weighted by molar-refractivity contribution is -0.0328. The summed E-state index contributed by atoms with van der Waals surface area (Å²) in [6, 6.07) is 8.93. The van der Waals surface area contributed by atoms with Crippen molar-refractivity contribution in [3.8, 4) is 0 Å². The van der Waals surface area contributed by atoms with Crippen molar-refractivity contribution in [2.24, 2.45) is 0 Å². The minimum atomic E-state index is -0.417. The fourth-order valence-electron chi connectivity index (χ4n) is 2.37. The largest absolute Gasteiger partial charge is 0.389 e. The first-order chi connectivity index (χ1) is 8.09. The molecule has 1 aromatic rings. The van der Waals surface area contributed by atoms with Crippen LogP contribution >= 0.6 is 0 Å². The van der Waals surface area contributed by atoms with Gasteiger partial charge in [0.15, 0.2) is 0 Å². The number of nitrogens with one attached hydrogen (secondary N) is 1. The molecule has 1 aromatic carbocycles. The van der Waals surface area contributed by atoms with Crippen LogP contribution in [0.4, 0.5) is 0 Å². The SMILES string of the molecule is Cc1ccccc1CC(C)NCC1(O)CCC1. The molecule has 2 N–H and O–H groups in total. The molecule has 1 aliphatic carbocycles. The Labute approximate surface area is 104 Å². The molecular weight excluding hydrogens is 210 g/mol. The molecule has 0 bridgehead atoms. The van der Waals surface area contributed by atoms with Gasteiger partial charge in [0.2, 0.25) is 0 Å². The molecule has 2 rings (SSSR count). The predicted molar refractivity (Wildman–Crippen MR) is 71.1 cm³/mol. The first-order valence-electron chi connectivity index (χ1n) is 6.59. The van der Waals surface area contributed by atoms with Gasteiger partial charge in [0.25, 0.3) is 0 Å². The van der Waals surface area contributed by atoms with Crippen molar-refractivity contribution < 1.29 is 5.11 Å². The number of rotatable bonds is 5. The van der Waals surface area contributed by atoms with E-state index in [0.29, 0.717) is 6.04 Å². The van der Waals surface area contributed by atoms with Gasteiger partial charge in [0, 0.05) is 12.6 Å². The Hall–Kier alpha value is -0.860. The average molecular weight is 233 g/mol. The third-order valence-corrected chi connectivity index (χ3v) is 3.85. The fraction of sp³-hybridized carbons (Fsp3) is 0.600. The van der Waals surface area contributed by atoms with Crippen LogP contribution in [0.2, 0.25) is 0 Å². The van der Waals surface area contributed by atoms with Gasteiger partial charge in [-0.2, -0.15) is 0 Å². The van der Waals surface area contributed by atoms with Crippen molar-refractivity contribution >= 4 is 0 Å². The fourth-order valence-corrected chi connectivity index (χ4v) is 2.37. The summed E-state index contributed by atoms with van der Waals surface area (Å²) in [5.41, 5.74) is 2.33. The smallest absolute Gasteiger partial charge is 0.0771 e. The van der Waals surface area contributed by atoms with Crippen LogP contribution in [0.5, 0.6) is 0 Å². The lowest BCUT2D eigenvalue weighted by atomic mass is 9.80. The molecule has 1 saturated carbocycles. The van der Waals surface area contributed by atoms with E-state index in [2.05, 4.69) is 43.4 Å². The molecule has 0 amide bonds. The zero-order chi connectivity index (χ0) is 12.3. The van der Waals surface area contributed by atoms with Crippen LogP contribution in [-0.2, 0) is 6.42 Å². The van der Waals surface area contributed by atoms with Gasteiger partial charge in [-0.3, -0.25) is 0 Å². The third-order valence-electron chi connectivity index (χ3n) is 3.85. The van der Waals surface area contributed by atoms with Gasteiger partial charge in [-0.15, -0.1) is 0 Å². The van der Waals surface area contributed by atoms with E-state index in [4.69, 9.17) is 0 Å². The highest BCUT2D eigenvalue weighted by Crippen LogP contribution is 2.30. The standard InChI is InChI=1S/C15H23NO/c1-12-6-3-4-7-14(12)10-13(2)16-11-15(17)8-5-9-15/h3-4,6-7,13,16-17H,5,8-11H2,1-2H3. The highest BCUT2D eigenvalue weighted by Gasteiger charge is 2.34. The quantitative estimate of drug-likeness (QED) is 0.818. The Morgan fingerprint density at radius 2 is 2.06 bits per heavy atom. The van der Waals surface area contributed by atoms with E-state index < -0.39 is 5.60 Å². The van der Waals surface area contributed by atoms with E-state index in [1.807, 2.05) is 0 Å². The van der Waals surface area contributed by atoms with E-state index in [-0.39, 0.29) is 0 Å². The molecule has 94 valence electrons. The van der Waals surface area contributed by atoms with Crippen molar-refractivity contribution in [3.05, 3.63) is 35.4 Å². The summed E-state index contributed by atoms with van der Waals surface area (Å²) in [6.45, 7) is 5.08. The van der Waals surface area contributed by atoms with Crippen LogP contribution in [0.15, 0.2) is 24.3 Å². The predicted octanol–water partition coefficient (Wildman–Crippen LogP) is 2.43. The first kappa shape index (κ1) is 12.6. The van der Waals surface area contributed by atoms with E-state index in [1.54, 1.807) is 0 Å². The van der Waals surface area contributed by atoms with Crippen LogP contribution in [0, 0.1) is 6.92 Å². The molecule has 2 nitrogen and oxygen atoms in total. The van der Waals surface area contributed by atoms with Gasteiger partial charge >= 0.3 is 0 Å². The Morgan fingerprint density at radius 1 is 1.35 bits per heavy atom. The molecule has 0 aliphatic heterocycles. The Kier molecular flexibility index (Phi) is 3.85. The third kappa shape index (κ3) is 3.30. The molecule has 1 unspecified atom stereocenters. The van der Waals surface area contributed by atoms with Crippen LogP contribution < -0.4 is 5.32 Å². The number of aliphatic hydroxyl groups is 1. The van der Waals surface area contributed by atoms with E-state index >= 15 is 0 Å². The molecule has 17 heavy (non-hydrogen) atoms. The van der Waals surface area contributed by atoms with Crippen molar-refractivity contribution in [1.29, 1.82) is 0 Å². The van der Waals surface area contributed by atoms with Gasteiger partial charge in [-0.25, -0.2) is 0 Å². The van der Waals surface area contributed by atoms with E-state index in [0.717, 1.165) is 25.8 Å². The second-order valence-corrected chi connectivity index (χ2v) is 5.49. The lowest BCUT2D eigenvalue weighted by Crippen LogP contribution is -2.48. The first-order valence-corrected chi connectivity index (χ1v) is 6.59. The maximum Gasteiger partial charge on any atom is 0.0771 e.